The molecule has 0 bridgehead atoms. The smallest absolute Gasteiger partial charge is 0.0210 e. The summed E-state index contributed by atoms with van der Waals surface area (Å²) in [5.74, 6) is 1.41. The van der Waals surface area contributed by atoms with Crippen LogP contribution in [0.2, 0.25) is 0 Å². The Morgan fingerprint density at radius 2 is 2.00 bits per heavy atom. The minimum Gasteiger partial charge on any atom is -0.319 e. The van der Waals surface area contributed by atoms with E-state index in [1.807, 2.05) is 7.05 Å². The summed E-state index contributed by atoms with van der Waals surface area (Å²) in [5, 5.41) is 3.32. The van der Waals surface area contributed by atoms with E-state index < -0.39 is 0 Å². The molecule has 0 radical (unpaired) electrons. The Balaban J connectivity index is 2.75. The maximum Gasteiger partial charge on any atom is 0.0210 e. The van der Waals surface area contributed by atoms with Crippen molar-refractivity contribution in [1.29, 1.82) is 0 Å². The molecule has 1 aromatic rings. The second-order valence-corrected chi connectivity index (χ2v) is 5.76. The lowest BCUT2D eigenvalue weighted by Gasteiger charge is -2.22. The first kappa shape index (κ1) is 14.7. The Labute approximate surface area is 114 Å². The number of halogens is 1. The van der Waals surface area contributed by atoms with Crippen LogP contribution in [0.25, 0.3) is 0 Å². The maximum atomic E-state index is 3.67. The molecule has 0 spiro atoms. The van der Waals surface area contributed by atoms with E-state index in [0.29, 0.717) is 5.92 Å². The van der Waals surface area contributed by atoms with Crippen LogP contribution >= 0.6 is 15.9 Å². The molecule has 2 heteroatoms. The summed E-state index contributed by atoms with van der Waals surface area (Å²) in [6.07, 6.45) is 3.87. The molecule has 2 atom stereocenters. The molecule has 2 unspecified atom stereocenters. The zero-order chi connectivity index (χ0) is 12.7. The number of nitrogens with one attached hydrogen (secondary N) is 1. The van der Waals surface area contributed by atoms with E-state index in [4.69, 9.17) is 0 Å². The summed E-state index contributed by atoms with van der Waals surface area (Å²) in [5.41, 5.74) is 1.44. The van der Waals surface area contributed by atoms with E-state index in [9.17, 15) is 0 Å². The van der Waals surface area contributed by atoms with Gasteiger partial charge in [0.2, 0.25) is 0 Å². The number of rotatable bonds is 7. The predicted octanol–water partition coefficient (Wildman–Crippen LogP) is 4.58. The first-order valence-electron chi connectivity index (χ1n) is 6.58. The van der Waals surface area contributed by atoms with Gasteiger partial charge in [0, 0.05) is 11.0 Å². The van der Waals surface area contributed by atoms with Crippen LogP contribution in [0.5, 0.6) is 0 Å². The molecular formula is C15H24BrN. The van der Waals surface area contributed by atoms with Crippen LogP contribution in [-0.4, -0.2) is 13.6 Å². The van der Waals surface area contributed by atoms with Gasteiger partial charge in [-0.1, -0.05) is 60.8 Å². The normalized spacial score (nSPS) is 14.6. The van der Waals surface area contributed by atoms with Crippen molar-refractivity contribution in [3.05, 3.63) is 34.3 Å². The SMILES string of the molecule is CCCC(C)CC(CNC)c1ccccc1Br. The van der Waals surface area contributed by atoms with Crippen molar-refractivity contribution in [2.24, 2.45) is 5.92 Å². The maximum absolute atomic E-state index is 3.67. The number of benzene rings is 1. The summed E-state index contributed by atoms with van der Waals surface area (Å²) < 4.78 is 1.24. The molecule has 0 aliphatic rings. The third-order valence-electron chi connectivity index (χ3n) is 3.26. The van der Waals surface area contributed by atoms with Gasteiger partial charge in [-0.15, -0.1) is 0 Å². The fraction of sp³-hybridized carbons (Fsp3) is 0.600. The van der Waals surface area contributed by atoms with Crippen molar-refractivity contribution >= 4 is 15.9 Å². The van der Waals surface area contributed by atoms with Crippen LogP contribution in [0.1, 0.15) is 44.6 Å². The molecule has 0 aliphatic carbocycles. The molecule has 0 aliphatic heterocycles. The summed E-state index contributed by atoms with van der Waals surface area (Å²) in [4.78, 5) is 0. The molecule has 0 fully saturated rings. The van der Waals surface area contributed by atoms with E-state index in [-0.39, 0.29) is 0 Å². The Morgan fingerprint density at radius 3 is 2.59 bits per heavy atom. The molecule has 96 valence electrons. The number of hydrogen-bond acceptors (Lipinski definition) is 1. The molecule has 17 heavy (non-hydrogen) atoms. The molecule has 1 rings (SSSR count). The van der Waals surface area contributed by atoms with Gasteiger partial charge in [-0.3, -0.25) is 0 Å². The Kier molecular flexibility index (Phi) is 6.83. The van der Waals surface area contributed by atoms with E-state index in [1.54, 1.807) is 0 Å². The second-order valence-electron chi connectivity index (χ2n) is 4.91. The Morgan fingerprint density at radius 1 is 1.29 bits per heavy atom. The van der Waals surface area contributed by atoms with Gasteiger partial charge in [-0.2, -0.15) is 0 Å². The van der Waals surface area contributed by atoms with Crippen LogP contribution in [-0.2, 0) is 0 Å². The Hall–Kier alpha value is -0.340. The zero-order valence-corrected chi connectivity index (χ0v) is 12.8. The first-order chi connectivity index (χ1) is 8.19. The first-order valence-corrected chi connectivity index (χ1v) is 7.37. The van der Waals surface area contributed by atoms with Crippen LogP contribution in [0.4, 0.5) is 0 Å². The lowest BCUT2D eigenvalue weighted by Crippen LogP contribution is -2.19. The molecule has 0 heterocycles. The standard InChI is InChI=1S/C15H24BrN/c1-4-7-12(2)10-13(11-17-3)14-8-5-6-9-15(14)16/h5-6,8-9,12-13,17H,4,7,10-11H2,1-3H3. The van der Waals surface area contributed by atoms with Gasteiger partial charge in [0.25, 0.3) is 0 Å². The highest BCUT2D eigenvalue weighted by Crippen LogP contribution is 2.30. The van der Waals surface area contributed by atoms with Crippen LogP contribution in [0.15, 0.2) is 28.7 Å². The predicted molar refractivity (Wildman–Crippen MR) is 79.5 cm³/mol. The molecule has 0 saturated heterocycles. The molecule has 1 N–H and O–H groups in total. The summed E-state index contributed by atoms with van der Waals surface area (Å²) in [7, 11) is 2.04. The molecular weight excluding hydrogens is 274 g/mol. The van der Waals surface area contributed by atoms with Gasteiger partial charge in [0.05, 0.1) is 0 Å². The highest BCUT2D eigenvalue weighted by molar-refractivity contribution is 9.10. The monoisotopic (exact) mass is 297 g/mol. The summed E-state index contributed by atoms with van der Waals surface area (Å²) in [6, 6.07) is 8.60. The number of hydrogen-bond donors (Lipinski definition) is 1. The van der Waals surface area contributed by atoms with Gasteiger partial charge in [-0.05, 0) is 36.9 Å². The molecule has 1 aromatic carbocycles. The van der Waals surface area contributed by atoms with Gasteiger partial charge in [0.1, 0.15) is 0 Å². The van der Waals surface area contributed by atoms with Crippen LogP contribution in [0.3, 0.4) is 0 Å². The summed E-state index contributed by atoms with van der Waals surface area (Å²) in [6.45, 7) is 5.68. The third-order valence-corrected chi connectivity index (χ3v) is 3.99. The van der Waals surface area contributed by atoms with Crippen molar-refractivity contribution in [2.75, 3.05) is 13.6 Å². The van der Waals surface area contributed by atoms with Gasteiger partial charge in [-0.25, -0.2) is 0 Å². The average Bonchev–Trinajstić information content (AvgIpc) is 2.29. The molecule has 0 amide bonds. The summed E-state index contributed by atoms with van der Waals surface area (Å²) >= 11 is 3.67. The second kappa shape index (κ2) is 7.88. The van der Waals surface area contributed by atoms with Crippen molar-refractivity contribution < 1.29 is 0 Å². The minimum absolute atomic E-state index is 0.608. The number of likely N-dealkylation sites (N-methyl/N-ethyl adjacent to an activating group) is 1. The van der Waals surface area contributed by atoms with E-state index in [1.165, 1.54) is 29.3 Å². The average molecular weight is 298 g/mol. The molecule has 0 saturated carbocycles. The zero-order valence-electron chi connectivity index (χ0n) is 11.2. The highest BCUT2D eigenvalue weighted by Gasteiger charge is 2.16. The molecule has 0 aromatic heterocycles. The van der Waals surface area contributed by atoms with E-state index in [2.05, 4.69) is 59.4 Å². The van der Waals surface area contributed by atoms with Crippen LogP contribution in [0, 0.1) is 5.92 Å². The fourth-order valence-electron chi connectivity index (χ4n) is 2.47. The van der Waals surface area contributed by atoms with E-state index in [0.717, 1.165) is 12.5 Å². The van der Waals surface area contributed by atoms with Crippen molar-refractivity contribution in [1.82, 2.24) is 5.32 Å². The fourth-order valence-corrected chi connectivity index (χ4v) is 3.08. The lowest BCUT2D eigenvalue weighted by molar-refractivity contribution is 0.426. The van der Waals surface area contributed by atoms with Crippen molar-refractivity contribution in [3.63, 3.8) is 0 Å². The van der Waals surface area contributed by atoms with Crippen molar-refractivity contribution in [3.8, 4) is 0 Å². The third kappa shape index (κ3) is 4.81. The van der Waals surface area contributed by atoms with Gasteiger partial charge >= 0.3 is 0 Å². The topological polar surface area (TPSA) is 12.0 Å². The molecule has 1 nitrogen and oxygen atoms in total. The van der Waals surface area contributed by atoms with Gasteiger partial charge < -0.3 is 5.32 Å². The van der Waals surface area contributed by atoms with E-state index >= 15 is 0 Å². The minimum atomic E-state index is 0.608. The van der Waals surface area contributed by atoms with Crippen LogP contribution < -0.4 is 5.32 Å². The Bertz CT molecular complexity index is 324. The lowest BCUT2D eigenvalue weighted by atomic mass is 9.87. The highest BCUT2D eigenvalue weighted by atomic mass is 79.9. The largest absolute Gasteiger partial charge is 0.319 e. The van der Waals surface area contributed by atoms with Gasteiger partial charge in [0.15, 0.2) is 0 Å². The van der Waals surface area contributed by atoms with Crippen molar-refractivity contribution in [2.45, 2.75) is 39.0 Å². The quantitative estimate of drug-likeness (QED) is 0.777.